The number of hydrogen-bond donors (Lipinski definition) is 2. The van der Waals surface area contributed by atoms with E-state index >= 15 is 0 Å². The standard InChI is InChI=1S/C18H23F3N2O5/c1-12(2)7-8-15(24)23-10-17(26)27-11-16(25)22-9-13-5-3-4-6-14(13)28-18(19,20)21/h3-6,12H,7-11H2,1-2H3,(H,22,25)(H,23,24). The molecule has 0 fully saturated rings. The zero-order chi connectivity index (χ0) is 21.2. The lowest BCUT2D eigenvalue weighted by molar-refractivity contribution is -0.274. The van der Waals surface area contributed by atoms with E-state index < -0.39 is 30.6 Å². The molecule has 1 aromatic rings. The highest BCUT2D eigenvalue weighted by Crippen LogP contribution is 2.25. The molecule has 0 atom stereocenters. The summed E-state index contributed by atoms with van der Waals surface area (Å²) in [5.41, 5.74) is 0.108. The first-order valence-electron chi connectivity index (χ1n) is 8.59. The van der Waals surface area contributed by atoms with Crippen molar-refractivity contribution in [1.82, 2.24) is 10.6 Å². The van der Waals surface area contributed by atoms with Crippen molar-refractivity contribution >= 4 is 17.8 Å². The van der Waals surface area contributed by atoms with Crippen LogP contribution >= 0.6 is 0 Å². The van der Waals surface area contributed by atoms with Gasteiger partial charge in [-0.3, -0.25) is 14.4 Å². The lowest BCUT2D eigenvalue weighted by Crippen LogP contribution is -2.33. The molecule has 1 aromatic carbocycles. The van der Waals surface area contributed by atoms with Crippen LogP contribution in [0.5, 0.6) is 5.75 Å². The molecule has 0 saturated heterocycles. The zero-order valence-corrected chi connectivity index (χ0v) is 15.6. The summed E-state index contributed by atoms with van der Waals surface area (Å²) >= 11 is 0. The van der Waals surface area contributed by atoms with E-state index in [0.717, 1.165) is 6.07 Å². The molecule has 0 spiro atoms. The van der Waals surface area contributed by atoms with E-state index in [9.17, 15) is 27.6 Å². The van der Waals surface area contributed by atoms with Crippen LogP contribution < -0.4 is 15.4 Å². The van der Waals surface area contributed by atoms with Crippen molar-refractivity contribution in [2.75, 3.05) is 13.2 Å². The number of carbonyl (C=O) groups excluding carboxylic acids is 3. The molecule has 156 valence electrons. The van der Waals surface area contributed by atoms with Crippen molar-refractivity contribution in [2.24, 2.45) is 5.92 Å². The Morgan fingerprint density at radius 1 is 1.07 bits per heavy atom. The molecule has 2 amide bonds. The average Bonchev–Trinajstić information content (AvgIpc) is 2.60. The van der Waals surface area contributed by atoms with Crippen LogP contribution in [0.1, 0.15) is 32.3 Å². The monoisotopic (exact) mass is 404 g/mol. The highest BCUT2D eigenvalue weighted by Gasteiger charge is 2.32. The van der Waals surface area contributed by atoms with E-state index in [1.165, 1.54) is 18.2 Å². The second-order valence-electron chi connectivity index (χ2n) is 6.30. The molecule has 0 heterocycles. The fourth-order valence-electron chi connectivity index (χ4n) is 1.99. The number of alkyl halides is 3. The molecule has 28 heavy (non-hydrogen) atoms. The third kappa shape index (κ3) is 10.4. The van der Waals surface area contributed by atoms with Gasteiger partial charge in [-0.15, -0.1) is 13.2 Å². The fourth-order valence-corrected chi connectivity index (χ4v) is 1.99. The summed E-state index contributed by atoms with van der Waals surface area (Å²) in [6.07, 6.45) is -3.89. The van der Waals surface area contributed by atoms with Gasteiger partial charge in [-0.25, -0.2) is 0 Å². The maximum absolute atomic E-state index is 12.3. The first-order chi connectivity index (χ1) is 13.1. The minimum atomic E-state index is -4.85. The molecular formula is C18H23F3N2O5. The van der Waals surface area contributed by atoms with Gasteiger partial charge in [-0.2, -0.15) is 0 Å². The van der Waals surface area contributed by atoms with Gasteiger partial charge in [0.1, 0.15) is 12.3 Å². The predicted octanol–water partition coefficient (Wildman–Crippen LogP) is 2.30. The van der Waals surface area contributed by atoms with Gasteiger partial charge in [0.05, 0.1) is 0 Å². The number of hydrogen-bond acceptors (Lipinski definition) is 5. The Bertz CT molecular complexity index is 677. The van der Waals surface area contributed by atoms with Crippen LogP contribution in [-0.2, 0) is 25.7 Å². The van der Waals surface area contributed by atoms with Crippen molar-refractivity contribution in [2.45, 2.75) is 39.6 Å². The Morgan fingerprint density at radius 3 is 2.39 bits per heavy atom. The highest BCUT2D eigenvalue weighted by molar-refractivity contribution is 5.84. The SMILES string of the molecule is CC(C)CCC(=O)NCC(=O)OCC(=O)NCc1ccccc1OC(F)(F)F. The second kappa shape index (κ2) is 11.2. The number of nitrogens with one attached hydrogen (secondary N) is 2. The Labute approximate surface area is 160 Å². The lowest BCUT2D eigenvalue weighted by atomic mass is 10.1. The summed E-state index contributed by atoms with van der Waals surface area (Å²) in [5, 5.41) is 4.71. The van der Waals surface area contributed by atoms with E-state index in [1.807, 2.05) is 13.8 Å². The zero-order valence-electron chi connectivity index (χ0n) is 15.6. The number of ether oxygens (including phenoxy) is 2. The Hall–Kier alpha value is -2.78. The maximum Gasteiger partial charge on any atom is 0.573 e. The van der Waals surface area contributed by atoms with Gasteiger partial charge in [-0.05, 0) is 18.4 Å². The molecule has 1 rings (SSSR count). The molecule has 0 aliphatic heterocycles. The van der Waals surface area contributed by atoms with Gasteiger partial charge in [0.25, 0.3) is 5.91 Å². The second-order valence-corrected chi connectivity index (χ2v) is 6.30. The van der Waals surface area contributed by atoms with Gasteiger partial charge in [-0.1, -0.05) is 32.0 Å². The lowest BCUT2D eigenvalue weighted by Gasteiger charge is -2.13. The summed E-state index contributed by atoms with van der Waals surface area (Å²) in [5.74, 6) is -1.88. The number of benzene rings is 1. The van der Waals surface area contributed by atoms with Crippen LogP contribution in [0.25, 0.3) is 0 Å². The molecule has 0 aromatic heterocycles. The minimum Gasteiger partial charge on any atom is -0.454 e. The first kappa shape index (κ1) is 23.3. The molecule has 7 nitrogen and oxygen atoms in total. The molecule has 10 heteroatoms. The van der Waals surface area contributed by atoms with Crippen molar-refractivity contribution in [3.05, 3.63) is 29.8 Å². The molecule has 0 saturated carbocycles. The van der Waals surface area contributed by atoms with Gasteiger partial charge in [0.15, 0.2) is 6.61 Å². The molecule has 2 N–H and O–H groups in total. The van der Waals surface area contributed by atoms with Crippen molar-refractivity contribution in [3.63, 3.8) is 0 Å². The van der Waals surface area contributed by atoms with Gasteiger partial charge in [0, 0.05) is 18.5 Å². The van der Waals surface area contributed by atoms with E-state index in [2.05, 4.69) is 15.4 Å². The van der Waals surface area contributed by atoms with E-state index in [4.69, 9.17) is 4.74 Å². The van der Waals surface area contributed by atoms with E-state index in [1.54, 1.807) is 0 Å². The van der Waals surface area contributed by atoms with Gasteiger partial charge < -0.3 is 20.1 Å². The number of carbonyl (C=O) groups is 3. The topological polar surface area (TPSA) is 93.7 Å². The van der Waals surface area contributed by atoms with Gasteiger partial charge in [0.2, 0.25) is 5.91 Å². The summed E-state index contributed by atoms with van der Waals surface area (Å²) in [7, 11) is 0. The van der Waals surface area contributed by atoms with Crippen molar-refractivity contribution in [3.8, 4) is 5.75 Å². The summed E-state index contributed by atoms with van der Waals surface area (Å²) in [6.45, 7) is 2.70. The number of para-hydroxylation sites is 1. The maximum atomic E-state index is 12.3. The molecule has 0 unspecified atom stereocenters. The fraction of sp³-hybridized carbons (Fsp3) is 0.500. The van der Waals surface area contributed by atoms with Crippen LogP contribution in [0, 0.1) is 5.92 Å². The smallest absolute Gasteiger partial charge is 0.454 e. The largest absolute Gasteiger partial charge is 0.573 e. The normalized spacial score (nSPS) is 11.1. The molecule has 0 radical (unpaired) electrons. The Kier molecular flexibility index (Phi) is 9.26. The van der Waals surface area contributed by atoms with Crippen molar-refractivity contribution in [1.29, 1.82) is 0 Å². The number of esters is 1. The van der Waals surface area contributed by atoms with E-state index in [0.29, 0.717) is 12.3 Å². The first-order valence-corrected chi connectivity index (χ1v) is 8.59. The number of rotatable bonds is 10. The molecule has 0 aliphatic rings. The van der Waals surface area contributed by atoms with Crippen LogP contribution in [-0.4, -0.2) is 37.3 Å². The third-order valence-electron chi connectivity index (χ3n) is 3.42. The van der Waals surface area contributed by atoms with Crippen LogP contribution in [0.2, 0.25) is 0 Å². The Morgan fingerprint density at radius 2 is 1.75 bits per heavy atom. The van der Waals surface area contributed by atoms with Crippen LogP contribution in [0.15, 0.2) is 24.3 Å². The van der Waals surface area contributed by atoms with Crippen LogP contribution in [0.4, 0.5) is 13.2 Å². The molecular weight excluding hydrogens is 381 g/mol. The minimum absolute atomic E-state index is 0.108. The van der Waals surface area contributed by atoms with Crippen LogP contribution in [0.3, 0.4) is 0 Å². The third-order valence-corrected chi connectivity index (χ3v) is 3.42. The average molecular weight is 404 g/mol. The quantitative estimate of drug-likeness (QED) is 0.584. The van der Waals surface area contributed by atoms with E-state index in [-0.39, 0.29) is 31.0 Å². The predicted molar refractivity (Wildman–Crippen MR) is 93.0 cm³/mol. The van der Waals surface area contributed by atoms with Gasteiger partial charge >= 0.3 is 12.3 Å². The number of amides is 2. The summed E-state index contributed by atoms with van der Waals surface area (Å²) in [6, 6.07) is 5.34. The number of halogens is 3. The summed E-state index contributed by atoms with van der Waals surface area (Å²) in [4.78, 5) is 34.7. The Balaban J connectivity index is 2.34. The summed E-state index contributed by atoms with van der Waals surface area (Å²) < 4.78 is 45.6. The molecule has 0 bridgehead atoms. The highest BCUT2D eigenvalue weighted by atomic mass is 19.4. The van der Waals surface area contributed by atoms with Crippen molar-refractivity contribution < 1.29 is 37.0 Å². The molecule has 0 aliphatic carbocycles.